The fraction of sp³-hybridized carbons (Fsp3) is 0.297. The molecule has 0 radical (unpaired) electrons. The van der Waals surface area contributed by atoms with Crippen LogP contribution in [0.3, 0.4) is 0 Å². The van der Waals surface area contributed by atoms with Crippen LogP contribution >= 0.6 is 15.9 Å². The summed E-state index contributed by atoms with van der Waals surface area (Å²) in [5.41, 5.74) is 3.78. The number of ether oxygens (including phenoxy) is 2. The van der Waals surface area contributed by atoms with E-state index in [0.717, 1.165) is 64.6 Å². The van der Waals surface area contributed by atoms with Gasteiger partial charge in [0.05, 0.1) is 6.61 Å². The van der Waals surface area contributed by atoms with E-state index in [4.69, 9.17) is 19.6 Å². The summed E-state index contributed by atoms with van der Waals surface area (Å²) in [5, 5.41) is 9.09. The van der Waals surface area contributed by atoms with Crippen molar-refractivity contribution in [2.75, 3.05) is 26.3 Å². The number of nitrogens with zero attached hydrogens (tertiary/aromatic N) is 2. The molecular formula is C37H37BrN2O4. The summed E-state index contributed by atoms with van der Waals surface area (Å²) < 4.78 is 13.5. The number of aliphatic imine (C=N–C) groups is 1. The third-order valence-corrected chi connectivity index (χ3v) is 8.89. The number of aliphatic hydroxyl groups excluding tert-OH is 1. The van der Waals surface area contributed by atoms with Gasteiger partial charge in [-0.15, -0.1) is 0 Å². The molecule has 226 valence electrons. The number of carbonyl (C=O) groups excluding carboxylic acids is 1. The van der Waals surface area contributed by atoms with Gasteiger partial charge in [-0.2, -0.15) is 0 Å². The number of halogens is 1. The Morgan fingerprint density at radius 1 is 0.864 bits per heavy atom. The van der Waals surface area contributed by atoms with E-state index in [1.807, 2.05) is 59.5 Å². The number of aliphatic hydroxyl groups is 1. The number of hydrogen-bond acceptors (Lipinski definition) is 5. The number of amides is 1. The SMILES string of the molecule is O=C(N1CCCCC1)[C@]1(Cc2ccc(Br)cc2)N=C(c2ccc(OCCCO)cc2)O[C@@H]1c1ccc(-c2ccccc2)cc1. The predicted octanol–water partition coefficient (Wildman–Crippen LogP) is 7.39. The molecular weight excluding hydrogens is 616 g/mol. The molecule has 44 heavy (non-hydrogen) atoms. The number of hydrogen-bond donors (Lipinski definition) is 1. The summed E-state index contributed by atoms with van der Waals surface area (Å²) in [4.78, 5) is 22.0. The Bertz CT molecular complexity index is 1570. The minimum Gasteiger partial charge on any atom is -0.494 e. The second-order valence-corrected chi connectivity index (χ2v) is 12.3. The Labute approximate surface area is 267 Å². The highest BCUT2D eigenvalue weighted by Gasteiger charge is 2.54. The lowest BCUT2D eigenvalue weighted by atomic mass is 9.81. The van der Waals surface area contributed by atoms with Gasteiger partial charge in [0.25, 0.3) is 5.91 Å². The second kappa shape index (κ2) is 13.8. The summed E-state index contributed by atoms with van der Waals surface area (Å²) in [7, 11) is 0. The molecule has 0 saturated carbocycles. The lowest BCUT2D eigenvalue weighted by molar-refractivity contribution is -0.140. The van der Waals surface area contributed by atoms with Crippen LogP contribution in [0.2, 0.25) is 0 Å². The van der Waals surface area contributed by atoms with Crippen molar-refractivity contribution in [3.05, 3.63) is 124 Å². The Balaban J connectivity index is 1.42. The molecule has 0 aromatic heterocycles. The molecule has 2 heterocycles. The van der Waals surface area contributed by atoms with E-state index in [-0.39, 0.29) is 12.5 Å². The Hall–Kier alpha value is -3.94. The molecule has 0 spiro atoms. The molecule has 0 bridgehead atoms. The number of carbonyl (C=O) groups is 1. The van der Waals surface area contributed by atoms with Crippen molar-refractivity contribution in [3.8, 4) is 16.9 Å². The maximum Gasteiger partial charge on any atom is 0.255 e. The van der Waals surface area contributed by atoms with Crippen LogP contribution in [0.25, 0.3) is 11.1 Å². The highest BCUT2D eigenvalue weighted by atomic mass is 79.9. The van der Waals surface area contributed by atoms with Crippen LogP contribution in [-0.4, -0.2) is 53.7 Å². The zero-order valence-corrected chi connectivity index (χ0v) is 26.3. The maximum atomic E-state index is 14.7. The van der Waals surface area contributed by atoms with Crippen LogP contribution in [0.5, 0.6) is 5.75 Å². The third kappa shape index (κ3) is 6.59. The van der Waals surface area contributed by atoms with E-state index in [2.05, 4.69) is 64.5 Å². The number of rotatable bonds is 10. The van der Waals surface area contributed by atoms with Gasteiger partial charge >= 0.3 is 0 Å². The minimum absolute atomic E-state index is 0.0104. The monoisotopic (exact) mass is 652 g/mol. The molecule has 1 amide bonds. The molecule has 1 saturated heterocycles. The fourth-order valence-corrected chi connectivity index (χ4v) is 6.30. The summed E-state index contributed by atoms with van der Waals surface area (Å²) in [6.07, 6.45) is 3.48. The topological polar surface area (TPSA) is 71.4 Å². The highest BCUT2D eigenvalue weighted by Crippen LogP contribution is 2.44. The van der Waals surface area contributed by atoms with Crippen LogP contribution < -0.4 is 4.74 Å². The first-order valence-electron chi connectivity index (χ1n) is 15.4. The molecule has 6 nitrogen and oxygen atoms in total. The molecule has 1 fully saturated rings. The molecule has 2 aliphatic rings. The van der Waals surface area contributed by atoms with Crippen LogP contribution in [0.1, 0.15) is 48.5 Å². The average Bonchev–Trinajstić information content (AvgIpc) is 3.47. The van der Waals surface area contributed by atoms with Crippen molar-refractivity contribution in [3.63, 3.8) is 0 Å². The van der Waals surface area contributed by atoms with Crippen LogP contribution in [0.4, 0.5) is 0 Å². The summed E-state index contributed by atoms with van der Waals surface area (Å²) in [6.45, 7) is 1.98. The van der Waals surface area contributed by atoms with E-state index in [9.17, 15) is 4.79 Å². The van der Waals surface area contributed by atoms with Crippen molar-refractivity contribution in [2.24, 2.45) is 4.99 Å². The lowest BCUT2D eigenvalue weighted by Crippen LogP contribution is -2.53. The first kappa shape index (κ1) is 30.1. The highest BCUT2D eigenvalue weighted by molar-refractivity contribution is 9.10. The van der Waals surface area contributed by atoms with E-state index >= 15 is 0 Å². The van der Waals surface area contributed by atoms with Gasteiger partial charge in [0.15, 0.2) is 11.6 Å². The quantitative estimate of drug-likeness (QED) is 0.181. The predicted molar refractivity (Wildman–Crippen MR) is 177 cm³/mol. The van der Waals surface area contributed by atoms with Crippen LogP contribution in [0, 0.1) is 0 Å². The van der Waals surface area contributed by atoms with Crippen molar-refractivity contribution in [1.29, 1.82) is 0 Å². The summed E-state index contributed by atoms with van der Waals surface area (Å²) >= 11 is 3.55. The normalized spacial score (nSPS) is 19.7. The smallest absolute Gasteiger partial charge is 0.255 e. The number of likely N-dealkylation sites (tertiary alicyclic amines) is 1. The molecule has 2 atom stereocenters. The Kier molecular flexibility index (Phi) is 9.43. The molecule has 4 aromatic carbocycles. The molecule has 6 rings (SSSR count). The standard InChI is InChI=1S/C37H37BrN2O4/c38-32-18-10-27(11-19-32)26-37(36(42)40-22-5-2-6-23-40)34(30-14-12-29(13-15-30)28-8-3-1-4-9-28)44-35(39-37)31-16-20-33(21-17-31)43-25-7-24-41/h1,3-4,8-21,34,41H,2,5-7,22-26H2/t34-,37-/m1/s1. The second-order valence-electron chi connectivity index (χ2n) is 11.4. The number of piperidine rings is 1. The van der Waals surface area contributed by atoms with Crippen molar-refractivity contribution >= 4 is 27.7 Å². The maximum absolute atomic E-state index is 14.7. The largest absolute Gasteiger partial charge is 0.494 e. The summed E-state index contributed by atoms with van der Waals surface area (Å²) in [5.74, 6) is 1.17. The van der Waals surface area contributed by atoms with Gasteiger partial charge < -0.3 is 19.5 Å². The first-order chi connectivity index (χ1) is 21.6. The molecule has 0 unspecified atom stereocenters. The van der Waals surface area contributed by atoms with E-state index < -0.39 is 11.6 Å². The molecule has 4 aromatic rings. The molecule has 1 N–H and O–H groups in total. The van der Waals surface area contributed by atoms with Gasteiger partial charge in [-0.05, 0) is 77.9 Å². The Morgan fingerprint density at radius 2 is 1.52 bits per heavy atom. The zero-order valence-electron chi connectivity index (χ0n) is 24.7. The Morgan fingerprint density at radius 3 is 2.20 bits per heavy atom. The lowest BCUT2D eigenvalue weighted by Gasteiger charge is -2.37. The van der Waals surface area contributed by atoms with E-state index in [0.29, 0.717) is 31.1 Å². The van der Waals surface area contributed by atoms with Gasteiger partial charge in [-0.1, -0.05) is 82.7 Å². The summed E-state index contributed by atoms with van der Waals surface area (Å²) in [6, 6.07) is 34.3. The van der Waals surface area contributed by atoms with Gasteiger partial charge in [0, 0.05) is 42.6 Å². The zero-order chi connectivity index (χ0) is 30.4. The third-order valence-electron chi connectivity index (χ3n) is 8.36. The van der Waals surface area contributed by atoms with Gasteiger partial charge in [-0.25, -0.2) is 4.99 Å². The fourth-order valence-electron chi connectivity index (χ4n) is 6.03. The minimum atomic E-state index is -1.18. The molecule has 0 aliphatic carbocycles. The average molecular weight is 654 g/mol. The van der Waals surface area contributed by atoms with Gasteiger partial charge in [-0.3, -0.25) is 4.79 Å². The van der Waals surface area contributed by atoms with Crippen molar-refractivity contribution in [1.82, 2.24) is 4.90 Å². The number of benzene rings is 4. The van der Waals surface area contributed by atoms with Crippen molar-refractivity contribution in [2.45, 2.75) is 43.7 Å². The van der Waals surface area contributed by atoms with Crippen molar-refractivity contribution < 1.29 is 19.4 Å². The molecule has 7 heteroatoms. The van der Waals surface area contributed by atoms with Crippen LogP contribution in [-0.2, 0) is 16.0 Å². The van der Waals surface area contributed by atoms with Crippen LogP contribution in [0.15, 0.2) is 113 Å². The van der Waals surface area contributed by atoms with E-state index in [1.165, 1.54) is 0 Å². The van der Waals surface area contributed by atoms with Gasteiger partial charge in [0.2, 0.25) is 5.90 Å². The van der Waals surface area contributed by atoms with Gasteiger partial charge in [0.1, 0.15) is 5.75 Å². The molecule has 2 aliphatic heterocycles. The first-order valence-corrected chi connectivity index (χ1v) is 16.1. The van der Waals surface area contributed by atoms with E-state index in [1.54, 1.807) is 0 Å².